The van der Waals surface area contributed by atoms with E-state index in [-0.39, 0.29) is 11.9 Å². The van der Waals surface area contributed by atoms with Crippen molar-refractivity contribution >= 4 is 5.91 Å². The lowest BCUT2D eigenvalue weighted by Crippen LogP contribution is -2.19. The van der Waals surface area contributed by atoms with Crippen LogP contribution in [-0.2, 0) is 4.79 Å². The SMILES string of the molecule is CC=CC(=O)N=c1cnn(C2C=CCC=C2)c(OCCCC)c1. The zero-order valence-electron chi connectivity index (χ0n) is 13.7. The van der Waals surface area contributed by atoms with Gasteiger partial charge in [-0.05, 0) is 19.8 Å². The van der Waals surface area contributed by atoms with Crippen LogP contribution in [0.5, 0.6) is 5.88 Å². The maximum atomic E-state index is 11.6. The molecular weight excluding hydrogens is 290 g/mol. The van der Waals surface area contributed by atoms with Gasteiger partial charge >= 0.3 is 0 Å². The number of hydrogen-bond donors (Lipinski definition) is 0. The van der Waals surface area contributed by atoms with Gasteiger partial charge in [0.05, 0.1) is 24.2 Å². The van der Waals surface area contributed by atoms with Crippen LogP contribution in [0.25, 0.3) is 0 Å². The zero-order valence-corrected chi connectivity index (χ0v) is 13.7. The molecule has 1 amide bonds. The molecule has 1 aliphatic carbocycles. The first-order chi connectivity index (χ1) is 11.2. The van der Waals surface area contributed by atoms with Gasteiger partial charge in [0.25, 0.3) is 5.91 Å². The van der Waals surface area contributed by atoms with Crippen LogP contribution < -0.4 is 10.1 Å². The molecule has 0 N–H and O–H groups in total. The third-order valence-electron chi connectivity index (χ3n) is 3.33. The number of rotatable bonds is 6. The Morgan fingerprint density at radius 2 is 2.26 bits per heavy atom. The summed E-state index contributed by atoms with van der Waals surface area (Å²) >= 11 is 0. The van der Waals surface area contributed by atoms with Gasteiger partial charge < -0.3 is 4.74 Å². The van der Waals surface area contributed by atoms with E-state index in [1.165, 1.54) is 6.08 Å². The second-order valence-corrected chi connectivity index (χ2v) is 5.23. The Morgan fingerprint density at radius 3 is 2.96 bits per heavy atom. The van der Waals surface area contributed by atoms with Crippen molar-refractivity contribution in [3.63, 3.8) is 0 Å². The predicted octanol–water partition coefficient (Wildman–Crippen LogP) is 3.12. The first-order valence-corrected chi connectivity index (χ1v) is 8.01. The minimum absolute atomic E-state index is 0.0284. The second-order valence-electron chi connectivity index (χ2n) is 5.23. The van der Waals surface area contributed by atoms with Crippen LogP contribution in [-0.4, -0.2) is 22.3 Å². The third-order valence-corrected chi connectivity index (χ3v) is 3.33. The summed E-state index contributed by atoms with van der Waals surface area (Å²) in [6, 6.07) is 1.79. The number of carbonyl (C=O) groups is 1. The van der Waals surface area contributed by atoms with Gasteiger partial charge in [-0.15, -0.1) is 0 Å². The first-order valence-electron chi connectivity index (χ1n) is 8.01. The summed E-state index contributed by atoms with van der Waals surface area (Å²) < 4.78 is 7.66. The maximum absolute atomic E-state index is 11.6. The number of ether oxygens (including phenoxy) is 1. The second kappa shape index (κ2) is 8.88. The van der Waals surface area contributed by atoms with Crippen molar-refractivity contribution in [3.8, 4) is 5.88 Å². The van der Waals surface area contributed by atoms with E-state index in [1.54, 1.807) is 29.9 Å². The van der Waals surface area contributed by atoms with E-state index in [4.69, 9.17) is 4.74 Å². The summed E-state index contributed by atoms with van der Waals surface area (Å²) in [5, 5.41) is 4.91. The Labute approximate surface area is 136 Å². The van der Waals surface area contributed by atoms with E-state index < -0.39 is 0 Å². The fourth-order valence-corrected chi connectivity index (χ4v) is 2.17. The molecule has 122 valence electrons. The van der Waals surface area contributed by atoms with Gasteiger partial charge in [0.2, 0.25) is 5.88 Å². The molecule has 5 nitrogen and oxygen atoms in total. The molecule has 0 spiro atoms. The van der Waals surface area contributed by atoms with Crippen molar-refractivity contribution in [2.75, 3.05) is 6.61 Å². The first kappa shape index (κ1) is 16.9. The molecule has 2 rings (SSSR count). The van der Waals surface area contributed by atoms with Gasteiger partial charge in [-0.3, -0.25) is 4.79 Å². The summed E-state index contributed by atoms with van der Waals surface area (Å²) in [5.41, 5.74) is 0. The van der Waals surface area contributed by atoms with E-state index in [9.17, 15) is 4.79 Å². The number of carbonyl (C=O) groups excluding carboxylic acids is 1. The largest absolute Gasteiger partial charge is 0.478 e. The van der Waals surface area contributed by atoms with E-state index >= 15 is 0 Å². The number of hydrogen-bond acceptors (Lipinski definition) is 3. The number of nitrogens with zero attached hydrogens (tertiary/aromatic N) is 3. The highest BCUT2D eigenvalue weighted by Crippen LogP contribution is 2.20. The molecule has 0 aromatic carbocycles. The summed E-state index contributed by atoms with van der Waals surface area (Å²) in [5.74, 6) is 0.318. The van der Waals surface area contributed by atoms with Crippen LogP contribution in [0.1, 0.15) is 39.2 Å². The van der Waals surface area contributed by atoms with E-state index in [2.05, 4.69) is 41.3 Å². The smallest absolute Gasteiger partial charge is 0.269 e. The van der Waals surface area contributed by atoms with E-state index in [1.807, 2.05) is 0 Å². The molecule has 0 atom stereocenters. The number of unbranched alkanes of at least 4 members (excludes halogenated alkanes) is 1. The molecule has 0 saturated heterocycles. The van der Waals surface area contributed by atoms with E-state index in [0.29, 0.717) is 17.8 Å². The lowest BCUT2D eigenvalue weighted by Gasteiger charge is -2.18. The monoisotopic (exact) mass is 313 g/mol. The van der Waals surface area contributed by atoms with Crippen LogP contribution in [0.4, 0.5) is 0 Å². The highest BCUT2D eigenvalue weighted by molar-refractivity contribution is 5.88. The molecule has 0 aliphatic heterocycles. The van der Waals surface area contributed by atoms with Gasteiger partial charge in [-0.25, -0.2) is 9.67 Å². The lowest BCUT2D eigenvalue weighted by molar-refractivity contribution is -0.113. The van der Waals surface area contributed by atoms with Crippen LogP contribution in [0.3, 0.4) is 0 Å². The Kier molecular flexibility index (Phi) is 6.54. The standard InChI is InChI=1S/C18H23N3O2/c1-3-5-12-23-18-13-15(20-17(22)9-4-2)14-19-21(18)16-10-7-6-8-11-16/h4,7-11,13-14,16H,3,5-6,12H2,1-2H3. The normalized spacial score (nSPS) is 15.5. The predicted molar refractivity (Wildman–Crippen MR) is 89.9 cm³/mol. The number of allylic oxidation sites excluding steroid dienone is 5. The van der Waals surface area contributed by atoms with Gasteiger partial charge in [0, 0.05) is 12.1 Å². The minimum atomic E-state index is -0.302. The average molecular weight is 313 g/mol. The van der Waals surface area contributed by atoms with Gasteiger partial charge in [-0.1, -0.05) is 43.7 Å². The fraction of sp³-hybridized carbons (Fsp3) is 0.389. The molecule has 1 aliphatic rings. The van der Waals surface area contributed by atoms with Crippen LogP contribution in [0.2, 0.25) is 0 Å². The summed E-state index contributed by atoms with van der Waals surface area (Å²) in [7, 11) is 0. The van der Waals surface area contributed by atoms with Crippen molar-refractivity contribution in [1.82, 2.24) is 9.78 Å². The Bertz CT molecular complexity index is 672. The highest BCUT2D eigenvalue weighted by atomic mass is 16.5. The third kappa shape index (κ3) is 5.06. The molecule has 0 bridgehead atoms. The molecule has 5 heteroatoms. The van der Waals surface area contributed by atoms with Crippen molar-refractivity contribution in [3.05, 3.63) is 54.1 Å². The Morgan fingerprint density at radius 1 is 1.48 bits per heavy atom. The molecule has 0 unspecified atom stereocenters. The van der Waals surface area contributed by atoms with Gasteiger partial charge in [0.1, 0.15) is 0 Å². The fourth-order valence-electron chi connectivity index (χ4n) is 2.17. The molecule has 0 saturated carbocycles. The average Bonchev–Trinajstić information content (AvgIpc) is 2.56. The van der Waals surface area contributed by atoms with Crippen molar-refractivity contribution < 1.29 is 9.53 Å². The lowest BCUT2D eigenvalue weighted by atomic mass is 10.1. The molecule has 1 heterocycles. The van der Waals surface area contributed by atoms with Crippen molar-refractivity contribution in [1.29, 1.82) is 0 Å². The minimum Gasteiger partial charge on any atom is -0.478 e. The van der Waals surface area contributed by atoms with E-state index in [0.717, 1.165) is 19.3 Å². The van der Waals surface area contributed by atoms with Crippen molar-refractivity contribution in [2.24, 2.45) is 4.99 Å². The summed E-state index contributed by atoms with van der Waals surface area (Å²) in [6.45, 7) is 4.51. The summed E-state index contributed by atoms with van der Waals surface area (Å²) in [6.07, 6.45) is 16.0. The zero-order chi connectivity index (χ0) is 16.5. The topological polar surface area (TPSA) is 56.5 Å². The van der Waals surface area contributed by atoms with Crippen LogP contribution in [0.15, 0.2) is 53.7 Å². The molecule has 1 aromatic rings. The Hall–Kier alpha value is -2.43. The molecule has 0 radical (unpaired) electrons. The molecule has 0 fully saturated rings. The van der Waals surface area contributed by atoms with Gasteiger partial charge in [0.15, 0.2) is 0 Å². The van der Waals surface area contributed by atoms with Crippen molar-refractivity contribution in [2.45, 2.75) is 39.2 Å². The quantitative estimate of drug-likeness (QED) is 0.460. The van der Waals surface area contributed by atoms with Crippen LogP contribution >= 0.6 is 0 Å². The number of aromatic nitrogens is 2. The number of amides is 1. The molecule has 1 aromatic heterocycles. The highest BCUT2D eigenvalue weighted by Gasteiger charge is 2.11. The Balaban J connectivity index is 2.33. The maximum Gasteiger partial charge on any atom is 0.269 e. The molecule has 23 heavy (non-hydrogen) atoms. The summed E-state index contributed by atoms with van der Waals surface area (Å²) in [4.78, 5) is 15.6. The van der Waals surface area contributed by atoms with Gasteiger partial charge in [-0.2, -0.15) is 5.10 Å². The van der Waals surface area contributed by atoms with Crippen LogP contribution in [0, 0.1) is 0 Å². The molecular formula is C18H23N3O2.